The van der Waals surface area contributed by atoms with Gasteiger partial charge in [0.05, 0.1) is 6.54 Å². The second-order valence-electron chi connectivity index (χ2n) is 8.35. The molecule has 6 nitrogen and oxygen atoms in total. The Balaban J connectivity index is 0.00000385. The summed E-state index contributed by atoms with van der Waals surface area (Å²) in [6, 6.07) is 17.4. The molecule has 0 saturated carbocycles. The van der Waals surface area contributed by atoms with E-state index in [1.54, 1.807) is 0 Å². The van der Waals surface area contributed by atoms with Crippen LogP contribution in [0.5, 0.6) is 5.75 Å². The van der Waals surface area contributed by atoms with Gasteiger partial charge >= 0.3 is 0 Å². The van der Waals surface area contributed by atoms with Gasteiger partial charge in [-0.15, -0.1) is 24.0 Å². The van der Waals surface area contributed by atoms with Gasteiger partial charge in [0.15, 0.2) is 5.96 Å². The summed E-state index contributed by atoms with van der Waals surface area (Å²) in [7, 11) is 2.18. The highest BCUT2D eigenvalue weighted by Crippen LogP contribution is 2.16. The average Bonchev–Trinajstić information content (AvgIpc) is 2.82. The molecular weight excluding hydrogens is 527 g/mol. The second kappa shape index (κ2) is 15.1. The molecule has 33 heavy (non-hydrogen) atoms. The van der Waals surface area contributed by atoms with Gasteiger partial charge in [-0.25, -0.2) is 4.99 Å². The van der Waals surface area contributed by atoms with Gasteiger partial charge in [0.25, 0.3) is 0 Å². The predicted octanol–water partition coefficient (Wildman–Crippen LogP) is 4.36. The van der Waals surface area contributed by atoms with Gasteiger partial charge in [0, 0.05) is 38.9 Å². The van der Waals surface area contributed by atoms with Gasteiger partial charge in [-0.2, -0.15) is 0 Å². The Morgan fingerprint density at radius 3 is 2.58 bits per heavy atom. The molecule has 3 rings (SSSR count). The van der Waals surface area contributed by atoms with Crippen LogP contribution in [0.4, 0.5) is 0 Å². The quantitative estimate of drug-likeness (QED) is 0.255. The zero-order valence-corrected chi connectivity index (χ0v) is 22.5. The number of halogens is 1. The monoisotopic (exact) mass is 566 g/mol. The molecule has 1 aliphatic heterocycles. The van der Waals surface area contributed by atoms with Crippen LogP contribution in [-0.4, -0.2) is 56.9 Å². The highest BCUT2D eigenvalue weighted by atomic mass is 127. The van der Waals surface area contributed by atoms with Crippen LogP contribution in [0.3, 0.4) is 0 Å². The van der Waals surface area contributed by atoms with Crippen molar-refractivity contribution >= 4 is 29.9 Å². The van der Waals surface area contributed by atoms with Crippen molar-refractivity contribution < 1.29 is 9.47 Å². The molecule has 2 N–H and O–H groups in total. The van der Waals surface area contributed by atoms with Crippen LogP contribution in [0, 0.1) is 6.92 Å². The normalized spacial score (nSPS) is 14.6. The Morgan fingerprint density at radius 1 is 1.09 bits per heavy atom. The summed E-state index contributed by atoms with van der Waals surface area (Å²) in [5.41, 5.74) is 3.64. The Kier molecular flexibility index (Phi) is 12.6. The summed E-state index contributed by atoms with van der Waals surface area (Å²) < 4.78 is 11.5. The minimum absolute atomic E-state index is 0. The number of benzene rings is 2. The average molecular weight is 567 g/mol. The zero-order valence-electron chi connectivity index (χ0n) is 20.2. The maximum absolute atomic E-state index is 6.02. The fourth-order valence-electron chi connectivity index (χ4n) is 3.75. The summed E-state index contributed by atoms with van der Waals surface area (Å²) >= 11 is 0. The smallest absolute Gasteiger partial charge is 0.191 e. The van der Waals surface area contributed by atoms with Gasteiger partial charge in [0.1, 0.15) is 12.4 Å². The Bertz CT molecular complexity index is 838. The van der Waals surface area contributed by atoms with Gasteiger partial charge in [-0.1, -0.05) is 42.0 Å². The minimum atomic E-state index is 0. The molecule has 2 aromatic rings. The summed E-state index contributed by atoms with van der Waals surface area (Å²) in [4.78, 5) is 7.13. The summed E-state index contributed by atoms with van der Waals surface area (Å²) in [5, 5.41) is 6.73. The lowest BCUT2D eigenvalue weighted by molar-refractivity contribution is 0.0392. The maximum Gasteiger partial charge on any atom is 0.191 e. The fourth-order valence-corrected chi connectivity index (χ4v) is 3.75. The van der Waals surface area contributed by atoms with Crippen molar-refractivity contribution in [2.75, 3.05) is 40.0 Å². The molecule has 2 aromatic carbocycles. The van der Waals surface area contributed by atoms with Crippen molar-refractivity contribution in [3.63, 3.8) is 0 Å². The third kappa shape index (κ3) is 9.90. The first-order chi connectivity index (χ1) is 15.6. The summed E-state index contributed by atoms with van der Waals surface area (Å²) in [6.45, 7) is 9.68. The van der Waals surface area contributed by atoms with Crippen LogP contribution < -0.4 is 15.4 Å². The Labute approximate surface area is 216 Å². The number of ether oxygens (including phenoxy) is 2. The molecule has 0 spiro atoms. The topological polar surface area (TPSA) is 58.1 Å². The van der Waals surface area contributed by atoms with Crippen LogP contribution >= 0.6 is 24.0 Å². The highest BCUT2D eigenvalue weighted by Gasteiger charge is 2.17. The SMILES string of the molecule is CCNC(=NCc1cccc(OCCN(C)C2CCOCC2)c1)NCc1ccc(C)cc1.I. The number of aliphatic imine (C=N–C) groups is 1. The lowest BCUT2D eigenvalue weighted by Crippen LogP contribution is -2.38. The van der Waals surface area contributed by atoms with E-state index in [-0.39, 0.29) is 24.0 Å². The molecule has 0 atom stereocenters. The van der Waals surface area contributed by atoms with E-state index in [1.807, 2.05) is 12.1 Å². The van der Waals surface area contributed by atoms with Crippen LogP contribution in [0.2, 0.25) is 0 Å². The maximum atomic E-state index is 6.02. The first-order valence-electron chi connectivity index (χ1n) is 11.7. The van der Waals surface area contributed by atoms with E-state index in [2.05, 4.69) is 72.8 Å². The first kappa shape index (κ1) is 27.4. The van der Waals surface area contributed by atoms with E-state index in [1.165, 1.54) is 11.1 Å². The molecule has 0 unspecified atom stereocenters. The van der Waals surface area contributed by atoms with Crippen molar-refractivity contribution in [1.29, 1.82) is 0 Å². The third-order valence-corrected chi connectivity index (χ3v) is 5.77. The second-order valence-corrected chi connectivity index (χ2v) is 8.35. The van der Waals surface area contributed by atoms with E-state index < -0.39 is 0 Å². The third-order valence-electron chi connectivity index (χ3n) is 5.77. The fraction of sp³-hybridized carbons (Fsp3) is 0.500. The molecule has 0 bridgehead atoms. The lowest BCUT2D eigenvalue weighted by atomic mass is 10.1. The Morgan fingerprint density at radius 2 is 1.85 bits per heavy atom. The van der Waals surface area contributed by atoms with E-state index in [0.29, 0.717) is 19.2 Å². The molecule has 182 valence electrons. The van der Waals surface area contributed by atoms with E-state index in [4.69, 9.17) is 14.5 Å². The zero-order chi connectivity index (χ0) is 22.6. The number of hydrogen-bond acceptors (Lipinski definition) is 4. The Hall–Kier alpha value is -1.84. The number of aryl methyl sites for hydroxylation is 1. The van der Waals surface area contributed by atoms with E-state index >= 15 is 0 Å². The first-order valence-corrected chi connectivity index (χ1v) is 11.7. The molecular formula is C26H39IN4O2. The highest BCUT2D eigenvalue weighted by molar-refractivity contribution is 14.0. The standard InChI is InChI=1S/C26H38N4O2.HI/c1-4-27-26(28-19-22-10-8-21(2)9-11-22)29-20-23-6-5-7-25(18-23)32-17-14-30(3)24-12-15-31-16-13-24;/h5-11,18,24H,4,12-17,19-20H2,1-3H3,(H2,27,28,29);1H. The van der Waals surface area contributed by atoms with Gasteiger partial charge in [0.2, 0.25) is 0 Å². The molecule has 0 aliphatic carbocycles. The number of likely N-dealkylation sites (N-methyl/N-ethyl adjacent to an activating group) is 1. The molecule has 0 radical (unpaired) electrons. The lowest BCUT2D eigenvalue weighted by Gasteiger charge is -2.31. The molecule has 7 heteroatoms. The molecule has 1 fully saturated rings. The van der Waals surface area contributed by atoms with Gasteiger partial charge in [-0.05, 0) is 57.0 Å². The van der Waals surface area contributed by atoms with Crippen LogP contribution in [-0.2, 0) is 17.8 Å². The summed E-state index contributed by atoms with van der Waals surface area (Å²) in [6.07, 6.45) is 2.21. The van der Waals surface area contributed by atoms with Crippen molar-refractivity contribution in [2.24, 2.45) is 4.99 Å². The molecule has 1 saturated heterocycles. The molecule has 0 amide bonds. The predicted molar refractivity (Wildman–Crippen MR) is 147 cm³/mol. The number of nitrogens with one attached hydrogen (secondary N) is 2. The van der Waals surface area contributed by atoms with Crippen molar-refractivity contribution in [3.05, 3.63) is 65.2 Å². The number of guanidine groups is 1. The molecule has 1 aliphatic rings. The largest absolute Gasteiger partial charge is 0.492 e. The van der Waals surface area contributed by atoms with Crippen molar-refractivity contribution in [2.45, 2.75) is 45.8 Å². The minimum Gasteiger partial charge on any atom is -0.492 e. The molecule has 0 aromatic heterocycles. The number of rotatable bonds is 10. The number of nitrogens with zero attached hydrogens (tertiary/aromatic N) is 2. The van der Waals surface area contributed by atoms with Gasteiger partial charge in [-0.3, -0.25) is 4.90 Å². The van der Waals surface area contributed by atoms with Crippen LogP contribution in [0.15, 0.2) is 53.5 Å². The van der Waals surface area contributed by atoms with Crippen LogP contribution in [0.1, 0.15) is 36.5 Å². The van der Waals surface area contributed by atoms with E-state index in [0.717, 1.165) is 63.0 Å². The van der Waals surface area contributed by atoms with Crippen molar-refractivity contribution in [3.8, 4) is 5.75 Å². The molecule has 1 heterocycles. The van der Waals surface area contributed by atoms with E-state index in [9.17, 15) is 0 Å². The number of hydrogen-bond donors (Lipinski definition) is 2. The van der Waals surface area contributed by atoms with Crippen LogP contribution in [0.25, 0.3) is 0 Å². The summed E-state index contributed by atoms with van der Waals surface area (Å²) in [5.74, 6) is 1.72. The van der Waals surface area contributed by atoms with Crippen molar-refractivity contribution in [1.82, 2.24) is 15.5 Å². The van der Waals surface area contributed by atoms with Gasteiger partial charge < -0.3 is 20.1 Å².